The summed E-state index contributed by atoms with van der Waals surface area (Å²) in [5.41, 5.74) is 0.732. The number of amides is 2. The number of fused-ring (bicyclic) bond motifs is 9. The van der Waals surface area contributed by atoms with E-state index in [1.807, 2.05) is 34.1 Å². The second-order valence-electron chi connectivity index (χ2n) is 10.9. The number of rotatable bonds is 4. The quantitative estimate of drug-likeness (QED) is 0.651. The number of piperidine rings is 2. The number of ether oxygens (including phenoxy) is 2. The van der Waals surface area contributed by atoms with Crippen molar-refractivity contribution in [1.29, 1.82) is 0 Å². The first kappa shape index (κ1) is 26.0. The third-order valence-electron chi connectivity index (χ3n) is 8.34. The molecule has 4 heterocycles. The highest BCUT2D eigenvalue weighted by atomic mass is 16.5. The van der Waals surface area contributed by atoms with Crippen LogP contribution in [0.5, 0.6) is 5.75 Å². The highest BCUT2D eigenvalue weighted by Gasteiger charge is 2.36. The van der Waals surface area contributed by atoms with Gasteiger partial charge < -0.3 is 24.2 Å². The third kappa shape index (κ3) is 6.76. The summed E-state index contributed by atoms with van der Waals surface area (Å²) in [5.74, 6) is 1.38. The zero-order valence-electron chi connectivity index (χ0n) is 21.7. The van der Waals surface area contributed by atoms with Crippen LogP contribution in [0.2, 0.25) is 0 Å². The van der Waals surface area contributed by atoms with E-state index in [1.165, 1.54) is 0 Å². The average molecular weight is 486 g/mol. The third-order valence-corrected chi connectivity index (χ3v) is 8.34. The number of likely N-dealkylation sites (tertiary alicyclic amines) is 1. The van der Waals surface area contributed by atoms with Crippen LogP contribution < -0.4 is 4.74 Å². The number of benzene rings is 1. The molecule has 0 spiro atoms. The summed E-state index contributed by atoms with van der Waals surface area (Å²) in [6, 6.07) is 7.53. The highest BCUT2D eigenvalue weighted by molar-refractivity contribution is 5.97. The Labute approximate surface area is 210 Å². The minimum absolute atomic E-state index is 0.0386. The molecule has 4 aliphatic heterocycles. The van der Waals surface area contributed by atoms with Gasteiger partial charge in [-0.3, -0.25) is 9.59 Å². The number of hydrogen-bond donors (Lipinski definition) is 0. The fourth-order valence-electron chi connectivity index (χ4n) is 5.97. The van der Waals surface area contributed by atoms with E-state index in [-0.39, 0.29) is 17.2 Å². The predicted molar refractivity (Wildman–Crippen MR) is 137 cm³/mol. The molecular formula is C28H43N3O4. The Hall–Kier alpha value is -2.12. The van der Waals surface area contributed by atoms with Gasteiger partial charge in [0, 0.05) is 33.2 Å². The molecule has 5 rings (SSSR count). The van der Waals surface area contributed by atoms with Crippen molar-refractivity contribution < 1.29 is 19.1 Å². The molecule has 0 aliphatic carbocycles. The second kappa shape index (κ2) is 12.2. The van der Waals surface area contributed by atoms with Gasteiger partial charge in [0.25, 0.3) is 5.91 Å². The van der Waals surface area contributed by atoms with Gasteiger partial charge in [0.05, 0.1) is 18.7 Å². The Morgan fingerprint density at radius 1 is 1.03 bits per heavy atom. The summed E-state index contributed by atoms with van der Waals surface area (Å²) in [7, 11) is 3.93. The van der Waals surface area contributed by atoms with Gasteiger partial charge in [0.2, 0.25) is 5.91 Å². The molecule has 4 aliphatic rings. The molecule has 0 aromatic heterocycles. The molecule has 0 radical (unpaired) electrons. The first-order chi connectivity index (χ1) is 17.0. The standard InChI is InChI=1S/C28H43N3O4/c1-29-15-9-23(10-16-29)21-26(32)30-14-6-5-11-28(22-34-2)12-17-31(18-13-28)27(33)24-7-3-4-8-25(24)35-20-19-30/h3-4,7-8,23H,5-6,9-22H2,1-2H3. The number of nitrogens with zero attached hydrogens (tertiary/aromatic N) is 3. The smallest absolute Gasteiger partial charge is 0.257 e. The van der Waals surface area contributed by atoms with Crippen LogP contribution in [0.4, 0.5) is 0 Å². The lowest BCUT2D eigenvalue weighted by Crippen LogP contribution is -2.45. The molecule has 7 heteroatoms. The van der Waals surface area contributed by atoms with Crippen LogP contribution in [-0.2, 0) is 9.53 Å². The summed E-state index contributed by atoms with van der Waals surface area (Å²) in [6.45, 7) is 6.10. The minimum Gasteiger partial charge on any atom is -0.491 e. The van der Waals surface area contributed by atoms with E-state index in [2.05, 4.69) is 11.9 Å². The van der Waals surface area contributed by atoms with Gasteiger partial charge in [0.1, 0.15) is 12.4 Å². The molecule has 0 atom stereocenters. The van der Waals surface area contributed by atoms with Crippen molar-refractivity contribution in [3.8, 4) is 5.75 Å². The lowest BCUT2D eigenvalue weighted by Gasteiger charge is -2.41. The van der Waals surface area contributed by atoms with Crippen molar-refractivity contribution in [1.82, 2.24) is 14.7 Å². The molecule has 2 amide bonds. The van der Waals surface area contributed by atoms with Crippen LogP contribution in [0.1, 0.15) is 61.7 Å². The molecular weight excluding hydrogens is 442 g/mol. The van der Waals surface area contributed by atoms with Gasteiger partial charge in [-0.25, -0.2) is 0 Å². The Morgan fingerprint density at radius 2 is 1.77 bits per heavy atom. The van der Waals surface area contributed by atoms with Crippen molar-refractivity contribution in [2.45, 2.75) is 51.4 Å². The lowest BCUT2D eigenvalue weighted by molar-refractivity contribution is -0.133. The van der Waals surface area contributed by atoms with Gasteiger partial charge in [-0.1, -0.05) is 18.6 Å². The monoisotopic (exact) mass is 485 g/mol. The molecule has 0 saturated carbocycles. The molecule has 35 heavy (non-hydrogen) atoms. The Bertz CT molecular complexity index is 844. The van der Waals surface area contributed by atoms with E-state index in [4.69, 9.17) is 9.47 Å². The number of para-hydroxylation sites is 1. The topological polar surface area (TPSA) is 62.3 Å². The first-order valence-corrected chi connectivity index (χ1v) is 13.5. The van der Waals surface area contributed by atoms with E-state index >= 15 is 0 Å². The number of carbonyl (C=O) groups excluding carboxylic acids is 2. The lowest BCUT2D eigenvalue weighted by atomic mass is 9.75. The van der Waals surface area contributed by atoms with E-state index in [0.29, 0.717) is 36.8 Å². The molecule has 0 N–H and O–H groups in total. The number of methoxy groups -OCH3 is 1. The van der Waals surface area contributed by atoms with Gasteiger partial charge in [-0.2, -0.15) is 0 Å². The first-order valence-electron chi connectivity index (χ1n) is 13.5. The maximum atomic E-state index is 13.4. The van der Waals surface area contributed by atoms with Gasteiger partial charge >= 0.3 is 0 Å². The Balaban J connectivity index is 1.48. The van der Waals surface area contributed by atoms with E-state index in [9.17, 15) is 9.59 Å². The zero-order chi connectivity index (χ0) is 24.7. The van der Waals surface area contributed by atoms with Crippen molar-refractivity contribution in [3.63, 3.8) is 0 Å². The van der Waals surface area contributed by atoms with Crippen molar-refractivity contribution in [2.75, 3.05) is 66.6 Å². The summed E-state index contributed by atoms with van der Waals surface area (Å²) in [5, 5.41) is 0. The maximum absolute atomic E-state index is 13.4. The van der Waals surface area contributed by atoms with E-state index < -0.39 is 0 Å². The fourth-order valence-corrected chi connectivity index (χ4v) is 5.97. The predicted octanol–water partition coefficient (Wildman–Crippen LogP) is 3.68. The summed E-state index contributed by atoms with van der Waals surface area (Å²) < 4.78 is 11.7. The molecule has 2 bridgehead atoms. The highest BCUT2D eigenvalue weighted by Crippen LogP contribution is 2.38. The van der Waals surface area contributed by atoms with Crippen molar-refractivity contribution in [3.05, 3.63) is 29.8 Å². The van der Waals surface area contributed by atoms with Gasteiger partial charge in [0.15, 0.2) is 0 Å². The van der Waals surface area contributed by atoms with Gasteiger partial charge in [-0.05, 0) is 82.1 Å². The Morgan fingerprint density at radius 3 is 2.51 bits per heavy atom. The second-order valence-corrected chi connectivity index (χ2v) is 10.9. The summed E-state index contributed by atoms with van der Waals surface area (Å²) in [4.78, 5) is 33.0. The van der Waals surface area contributed by atoms with E-state index in [0.717, 1.165) is 84.3 Å². The van der Waals surface area contributed by atoms with E-state index in [1.54, 1.807) is 7.11 Å². The van der Waals surface area contributed by atoms with Gasteiger partial charge in [-0.15, -0.1) is 0 Å². The van der Waals surface area contributed by atoms with Crippen LogP contribution in [0.3, 0.4) is 0 Å². The van der Waals surface area contributed by atoms with Crippen LogP contribution >= 0.6 is 0 Å². The largest absolute Gasteiger partial charge is 0.491 e. The Kier molecular flexibility index (Phi) is 9.06. The van der Waals surface area contributed by atoms with Crippen LogP contribution in [0.25, 0.3) is 0 Å². The molecule has 0 unspecified atom stereocenters. The van der Waals surface area contributed by atoms with Crippen LogP contribution in [-0.4, -0.2) is 93.2 Å². The van der Waals surface area contributed by atoms with Crippen molar-refractivity contribution in [2.24, 2.45) is 11.3 Å². The van der Waals surface area contributed by atoms with Crippen LogP contribution in [0.15, 0.2) is 24.3 Å². The molecule has 7 nitrogen and oxygen atoms in total. The fraction of sp³-hybridized carbons (Fsp3) is 0.714. The van der Waals surface area contributed by atoms with Crippen LogP contribution in [0, 0.1) is 11.3 Å². The molecule has 1 aromatic carbocycles. The SMILES string of the molecule is COCC12CCCCN(C(=O)CC3CCN(C)CC3)CCOc3ccccc3C(=O)N(CC1)CC2. The molecule has 2 fully saturated rings. The molecule has 2 saturated heterocycles. The number of hydrogen-bond acceptors (Lipinski definition) is 5. The number of carbonyl (C=O) groups is 2. The zero-order valence-corrected chi connectivity index (χ0v) is 21.7. The summed E-state index contributed by atoms with van der Waals surface area (Å²) >= 11 is 0. The minimum atomic E-state index is 0.0386. The maximum Gasteiger partial charge on any atom is 0.257 e. The molecule has 1 aromatic rings. The van der Waals surface area contributed by atoms with Crippen molar-refractivity contribution >= 4 is 11.8 Å². The molecule has 194 valence electrons. The average Bonchev–Trinajstić information content (AvgIpc) is 2.87. The summed E-state index contributed by atoms with van der Waals surface area (Å²) in [6.07, 6.45) is 7.86. The normalized spacial score (nSPS) is 22.7.